The van der Waals surface area contributed by atoms with Gasteiger partial charge in [-0.2, -0.15) is 0 Å². The molecule has 4 N–H and O–H groups in total. The lowest BCUT2D eigenvalue weighted by Crippen LogP contribution is -2.35. The van der Waals surface area contributed by atoms with Crippen LogP contribution < -0.4 is 20.3 Å². The summed E-state index contributed by atoms with van der Waals surface area (Å²) >= 11 is 11.7. The van der Waals surface area contributed by atoms with Crippen molar-refractivity contribution in [2.45, 2.75) is 91.0 Å². The van der Waals surface area contributed by atoms with Crippen LogP contribution >= 0.6 is 30.6 Å². The van der Waals surface area contributed by atoms with Gasteiger partial charge in [-0.3, -0.25) is 28.6 Å². The minimum atomic E-state index is -3.10. The summed E-state index contributed by atoms with van der Waals surface area (Å²) in [4.78, 5) is 70.4. The monoisotopic (exact) mass is 873 g/mol. The van der Waals surface area contributed by atoms with E-state index in [0.29, 0.717) is 30.6 Å². The second kappa shape index (κ2) is 24.9. The third-order valence-electron chi connectivity index (χ3n) is 9.07. The Hall–Kier alpha value is -3.85. The Balaban J connectivity index is 0.000000341. The number of hydrogen-bond acceptors (Lipinski definition) is 10. The molecule has 2 aliphatic rings. The smallest absolute Gasteiger partial charge is 0.344 e. The molecular weight excluding hydrogens is 819 g/mol. The molecule has 1 aliphatic heterocycles. The minimum Gasteiger partial charge on any atom is -0.480 e. The zero-order chi connectivity index (χ0) is 43.6. The highest BCUT2D eigenvalue weighted by atomic mass is 35.5. The Morgan fingerprint density at radius 1 is 1.03 bits per heavy atom. The van der Waals surface area contributed by atoms with Crippen molar-refractivity contribution < 1.29 is 57.1 Å². The maximum absolute atomic E-state index is 14.5. The molecule has 0 radical (unpaired) electrons. The van der Waals surface area contributed by atoms with E-state index in [0.717, 1.165) is 72.7 Å². The predicted octanol–water partition coefficient (Wildman–Crippen LogP) is 7.01. The Kier molecular flexibility index (Phi) is 21.6. The average Bonchev–Trinajstić information content (AvgIpc) is 3.45. The van der Waals surface area contributed by atoms with Crippen molar-refractivity contribution in [2.75, 3.05) is 55.6 Å². The van der Waals surface area contributed by atoms with Gasteiger partial charge >= 0.3 is 11.9 Å². The summed E-state index contributed by atoms with van der Waals surface area (Å²) in [6.45, 7) is 7.50. The second-order valence-corrected chi connectivity index (χ2v) is 16.8. The molecule has 1 heterocycles. The number of hydrogen-bond donors (Lipinski definition) is 3. The van der Waals surface area contributed by atoms with Crippen LogP contribution in [0.15, 0.2) is 41.5 Å². The fourth-order valence-electron chi connectivity index (χ4n) is 6.00. The first-order chi connectivity index (χ1) is 27.5. The van der Waals surface area contributed by atoms with Crippen LogP contribution in [-0.4, -0.2) is 91.5 Å². The summed E-state index contributed by atoms with van der Waals surface area (Å²) in [5.41, 5.74) is 9.01. The molecule has 0 spiro atoms. The van der Waals surface area contributed by atoms with E-state index < -0.39 is 49.6 Å². The molecule has 0 fully saturated rings. The number of carboxylic acids is 1. The first-order valence-corrected chi connectivity index (χ1v) is 22.3. The standard InChI is InChI=1S/C21H23ClFNO5.C14H20ClNO2.C5H12NO4P/c1-2-3-6-9-28-19(25)12-29-18-11-17(16(23)10-15(18)22)24-20(26)13-7-4-5-8-14(13)21(24)27;1-4-11-7-6-8-12(5-2)14(11)16(10-18-3)13(17)9-15;1-11(9,10)3-2-4(6)5(7)8/h10-11H,2-9,12H2,1H3;6-8H,4-5,9-10H2,1-3H3;4H,2-3,6H2,1H3,(H,7,8)(H,9,10). The second-order valence-electron chi connectivity index (χ2n) is 13.6. The van der Waals surface area contributed by atoms with E-state index in [2.05, 4.69) is 13.8 Å². The van der Waals surface area contributed by atoms with Crippen molar-refractivity contribution in [3.8, 4) is 5.75 Å². The van der Waals surface area contributed by atoms with Crippen LogP contribution in [0.4, 0.5) is 15.8 Å². The van der Waals surface area contributed by atoms with E-state index in [1.165, 1.54) is 12.7 Å². The number of halogens is 3. The number of ether oxygens (including phenoxy) is 3. The van der Waals surface area contributed by atoms with Crippen LogP contribution in [0.2, 0.25) is 5.02 Å². The van der Waals surface area contributed by atoms with Crippen LogP contribution in [0.5, 0.6) is 5.75 Å². The van der Waals surface area contributed by atoms with E-state index >= 15 is 0 Å². The van der Waals surface area contributed by atoms with Crippen molar-refractivity contribution in [3.05, 3.63) is 63.4 Å². The highest BCUT2D eigenvalue weighted by Crippen LogP contribution is 2.40. The number of benzene rings is 2. The third kappa shape index (κ3) is 15.1. The van der Waals surface area contributed by atoms with E-state index in [9.17, 15) is 32.9 Å². The molecule has 0 saturated heterocycles. The molecule has 58 heavy (non-hydrogen) atoms. The topological polar surface area (TPSA) is 203 Å². The van der Waals surface area contributed by atoms with Crippen molar-refractivity contribution in [1.29, 1.82) is 0 Å². The lowest BCUT2D eigenvalue weighted by Gasteiger charge is -2.26. The van der Waals surface area contributed by atoms with Gasteiger partial charge in [-0.15, -0.1) is 11.6 Å². The molecule has 4 rings (SSSR count). The van der Waals surface area contributed by atoms with Gasteiger partial charge in [-0.25, -0.2) is 14.1 Å². The number of carbonyl (C=O) groups is 5. The normalized spacial score (nSPS) is 15.0. The van der Waals surface area contributed by atoms with Gasteiger partial charge in [0.1, 0.15) is 30.2 Å². The van der Waals surface area contributed by atoms with Gasteiger partial charge in [0.15, 0.2) is 14.0 Å². The van der Waals surface area contributed by atoms with Gasteiger partial charge in [-0.05, 0) is 68.6 Å². The first-order valence-electron chi connectivity index (χ1n) is 19.1. The summed E-state index contributed by atoms with van der Waals surface area (Å²) in [7, 11) is -1.52. The Bertz CT molecular complexity index is 1790. The molecule has 2 atom stereocenters. The van der Waals surface area contributed by atoms with Crippen LogP contribution in [-0.2, 0) is 50.9 Å². The number of para-hydroxylation sites is 1. The number of alkyl halides is 1. The summed E-state index contributed by atoms with van der Waals surface area (Å²) in [6, 6.07) is 7.22. The van der Waals surface area contributed by atoms with Crippen molar-refractivity contribution in [3.63, 3.8) is 0 Å². The van der Waals surface area contributed by atoms with Crippen LogP contribution in [0.25, 0.3) is 0 Å². The molecule has 2 unspecified atom stereocenters. The number of aliphatic carboxylic acids is 1. The lowest BCUT2D eigenvalue weighted by molar-refractivity contribution is -0.146. The molecule has 2 aromatic carbocycles. The number of nitrogens with two attached hydrogens (primary N) is 1. The predicted molar refractivity (Wildman–Crippen MR) is 222 cm³/mol. The Morgan fingerprint density at radius 3 is 2.10 bits per heavy atom. The lowest BCUT2D eigenvalue weighted by atomic mass is 9.93. The Labute approximate surface area is 349 Å². The summed E-state index contributed by atoms with van der Waals surface area (Å²) in [5.74, 6) is -3.71. The molecule has 3 amide bonds. The maximum Gasteiger partial charge on any atom is 0.344 e. The summed E-state index contributed by atoms with van der Waals surface area (Å²) in [5, 5.41) is 8.21. The van der Waals surface area contributed by atoms with E-state index in [1.807, 2.05) is 25.1 Å². The number of carboxylic acid groups (broad SMARTS) is 1. The van der Waals surface area contributed by atoms with Crippen molar-refractivity contribution in [2.24, 2.45) is 5.73 Å². The van der Waals surface area contributed by atoms with Gasteiger partial charge in [0.25, 0.3) is 11.8 Å². The van der Waals surface area contributed by atoms with E-state index in [1.54, 1.807) is 12.0 Å². The number of amides is 3. The number of imide groups is 1. The van der Waals surface area contributed by atoms with Gasteiger partial charge in [-0.1, -0.05) is 63.4 Å². The number of aryl methyl sites for hydroxylation is 2. The van der Waals surface area contributed by atoms with Gasteiger partial charge < -0.3 is 29.9 Å². The molecule has 1 aliphatic carbocycles. The van der Waals surface area contributed by atoms with Gasteiger partial charge in [0.05, 0.1) is 23.0 Å². The van der Waals surface area contributed by atoms with Crippen LogP contribution in [0.1, 0.15) is 83.3 Å². The molecule has 0 saturated carbocycles. The minimum absolute atomic E-state index is 0.000883. The molecule has 2 aromatic rings. The van der Waals surface area contributed by atoms with Crippen molar-refractivity contribution in [1.82, 2.24) is 0 Å². The highest BCUT2D eigenvalue weighted by Gasteiger charge is 2.41. The molecule has 0 bridgehead atoms. The fraction of sp³-hybridized carbons (Fsp3) is 0.525. The average molecular weight is 875 g/mol. The fourth-order valence-corrected chi connectivity index (χ4v) is 7.11. The number of nitrogens with zero attached hydrogens (tertiary/aromatic N) is 2. The first kappa shape index (κ1) is 50.3. The molecule has 322 valence electrons. The van der Waals surface area contributed by atoms with Crippen LogP contribution in [0, 0.1) is 5.82 Å². The summed E-state index contributed by atoms with van der Waals surface area (Å²) < 4.78 is 40.7. The number of methoxy groups -OCH3 is 1. The molecule has 14 nitrogen and oxygen atoms in total. The quantitative estimate of drug-likeness (QED) is 0.0346. The molecular formula is C40H55Cl2FN3O11P. The SMILES string of the molecule is CCCCCOC(=O)COc1cc(N2C(=O)C3=C(CCCC3)C2=O)c(F)cc1Cl.CCc1cccc(CC)c1N(COC)C(=O)CCl.CP(=O)(O)CCC(N)C(=O)O. The van der Waals surface area contributed by atoms with Crippen molar-refractivity contribution >= 4 is 71.6 Å². The number of carbonyl (C=O) groups excluding carboxylic acids is 4. The zero-order valence-corrected chi connectivity index (χ0v) is 36.1. The molecule has 0 aromatic heterocycles. The van der Waals surface area contributed by atoms with Gasteiger partial charge in [0, 0.05) is 37.1 Å². The van der Waals surface area contributed by atoms with E-state index in [-0.39, 0.29) is 47.6 Å². The largest absolute Gasteiger partial charge is 0.480 e. The molecule has 18 heteroatoms. The van der Waals surface area contributed by atoms with Gasteiger partial charge in [0.2, 0.25) is 5.91 Å². The third-order valence-corrected chi connectivity index (χ3v) is 10.7. The number of anilines is 2. The summed E-state index contributed by atoms with van der Waals surface area (Å²) in [6.07, 6.45) is 7.15. The maximum atomic E-state index is 14.5. The number of rotatable bonds is 18. The Morgan fingerprint density at radius 2 is 1.62 bits per heavy atom. The number of esters is 1. The zero-order valence-electron chi connectivity index (χ0n) is 33.7. The van der Waals surface area contributed by atoms with E-state index in [4.69, 9.17) is 53.1 Å². The van der Waals surface area contributed by atoms with Crippen LogP contribution in [0.3, 0.4) is 0 Å². The number of unbranched alkanes of at least 4 members (excludes halogenated alkanes) is 2. The highest BCUT2D eigenvalue weighted by molar-refractivity contribution is 7.57.